The zero-order valence-corrected chi connectivity index (χ0v) is 13.7. The molecule has 1 aliphatic rings. The molecule has 0 saturated carbocycles. The molecule has 2 aromatic rings. The lowest BCUT2D eigenvalue weighted by atomic mass is 10.2. The Balaban J connectivity index is 1.59. The number of carbonyl (C=O) groups excluding carboxylic acids is 1. The third-order valence-electron chi connectivity index (χ3n) is 3.90. The first-order valence-corrected chi connectivity index (χ1v) is 8.75. The van der Waals surface area contributed by atoms with Gasteiger partial charge in [-0.15, -0.1) is 11.3 Å². The molecule has 0 radical (unpaired) electrons. The van der Waals surface area contributed by atoms with E-state index in [4.69, 9.17) is 0 Å². The zero-order valence-electron chi connectivity index (χ0n) is 12.9. The van der Waals surface area contributed by atoms with E-state index < -0.39 is 0 Å². The number of nitrogens with one attached hydrogen (secondary N) is 2. The van der Waals surface area contributed by atoms with Crippen LogP contribution in [0.15, 0.2) is 28.5 Å². The number of likely N-dealkylation sites (tertiary alicyclic amines) is 1. The fraction of sp³-hybridized carbons (Fsp3) is 0.438. The minimum absolute atomic E-state index is 0.226. The van der Waals surface area contributed by atoms with E-state index in [2.05, 4.69) is 20.2 Å². The number of hydrogen-bond acceptors (Lipinski definition) is 5. The van der Waals surface area contributed by atoms with Gasteiger partial charge in [-0.05, 0) is 32.0 Å². The summed E-state index contributed by atoms with van der Waals surface area (Å²) in [5.41, 5.74) is 1.18. The van der Waals surface area contributed by atoms with Gasteiger partial charge in [0.15, 0.2) is 5.13 Å². The Morgan fingerprint density at radius 3 is 2.74 bits per heavy atom. The number of rotatable bonds is 4. The van der Waals surface area contributed by atoms with Crippen LogP contribution in [0.25, 0.3) is 0 Å². The maximum atomic E-state index is 12.1. The molecule has 23 heavy (non-hydrogen) atoms. The average Bonchev–Trinajstić information content (AvgIpc) is 2.81. The van der Waals surface area contributed by atoms with E-state index in [9.17, 15) is 9.59 Å². The quantitative estimate of drug-likeness (QED) is 0.901. The molecule has 0 bridgehead atoms. The number of aromatic amines is 1. The van der Waals surface area contributed by atoms with Crippen LogP contribution in [0.3, 0.4) is 0 Å². The maximum absolute atomic E-state index is 12.1. The summed E-state index contributed by atoms with van der Waals surface area (Å²) in [4.78, 5) is 32.5. The molecule has 1 fully saturated rings. The van der Waals surface area contributed by atoms with E-state index in [0.717, 1.165) is 25.3 Å². The van der Waals surface area contributed by atoms with E-state index >= 15 is 0 Å². The van der Waals surface area contributed by atoms with Crippen LogP contribution < -0.4 is 10.9 Å². The van der Waals surface area contributed by atoms with Crippen LogP contribution in [-0.2, 0) is 6.54 Å². The lowest BCUT2D eigenvalue weighted by Gasteiger charge is -2.17. The highest BCUT2D eigenvalue weighted by atomic mass is 32.1. The van der Waals surface area contributed by atoms with Crippen molar-refractivity contribution in [2.24, 2.45) is 0 Å². The molecular weight excluding hydrogens is 312 g/mol. The molecule has 3 heterocycles. The predicted octanol–water partition coefficient (Wildman–Crippen LogP) is 2.46. The smallest absolute Gasteiger partial charge is 0.258 e. The molecule has 0 aromatic carbocycles. The molecule has 122 valence electrons. The van der Waals surface area contributed by atoms with Crippen molar-refractivity contribution in [1.82, 2.24) is 14.9 Å². The van der Waals surface area contributed by atoms with Crippen LogP contribution >= 0.6 is 11.3 Å². The molecule has 3 rings (SSSR count). The normalized spacial score (nSPS) is 16.0. The minimum atomic E-state index is -0.267. The van der Waals surface area contributed by atoms with Crippen molar-refractivity contribution in [3.8, 4) is 0 Å². The number of hydrogen-bond donors (Lipinski definition) is 2. The molecule has 0 atom stereocenters. The van der Waals surface area contributed by atoms with Crippen molar-refractivity contribution in [3.05, 3.63) is 45.3 Å². The summed E-state index contributed by atoms with van der Waals surface area (Å²) in [7, 11) is 0. The Bertz CT molecular complexity index is 696. The first-order valence-electron chi connectivity index (χ1n) is 7.87. The fourth-order valence-corrected chi connectivity index (χ4v) is 3.38. The Labute approximate surface area is 138 Å². The van der Waals surface area contributed by atoms with Gasteiger partial charge in [0.05, 0.1) is 11.3 Å². The Morgan fingerprint density at radius 1 is 1.26 bits per heavy atom. The molecule has 6 nitrogen and oxygen atoms in total. The second kappa shape index (κ2) is 7.52. The van der Waals surface area contributed by atoms with Crippen molar-refractivity contribution in [2.45, 2.75) is 32.2 Å². The Morgan fingerprint density at radius 2 is 2.04 bits per heavy atom. The number of carbonyl (C=O) groups is 1. The first-order chi connectivity index (χ1) is 11.2. The molecule has 2 N–H and O–H groups in total. The molecule has 2 aromatic heterocycles. The van der Waals surface area contributed by atoms with Gasteiger partial charge in [0.1, 0.15) is 0 Å². The standard InChI is InChI=1S/C16H20N4O2S/c21-14-6-5-12(9-17-14)15(22)19-16-18-13(11-23-16)10-20-7-3-1-2-4-8-20/h5-6,9,11H,1-4,7-8,10H2,(H,17,21)(H,18,19,22). The van der Waals surface area contributed by atoms with Gasteiger partial charge in [0.2, 0.25) is 5.56 Å². The predicted molar refractivity (Wildman–Crippen MR) is 90.9 cm³/mol. The van der Waals surface area contributed by atoms with Gasteiger partial charge in [-0.2, -0.15) is 0 Å². The van der Waals surface area contributed by atoms with Crippen LogP contribution in [0.1, 0.15) is 41.7 Å². The van der Waals surface area contributed by atoms with E-state index in [1.807, 2.05) is 5.38 Å². The van der Waals surface area contributed by atoms with Gasteiger partial charge < -0.3 is 4.98 Å². The third-order valence-corrected chi connectivity index (χ3v) is 4.71. The Kier molecular flexibility index (Phi) is 5.19. The van der Waals surface area contributed by atoms with Crippen LogP contribution in [0.4, 0.5) is 5.13 Å². The van der Waals surface area contributed by atoms with Gasteiger partial charge in [0, 0.05) is 24.2 Å². The Hall–Kier alpha value is -1.99. The molecule has 1 saturated heterocycles. The SMILES string of the molecule is O=C(Nc1nc(CN2CCCCCC2)cs1)c1ccc(=O)[nH]c1. The van der Waals surface area contributed by atoms with E-state index in [0.29, 0.717) is 10.7 Å². The second-order valence-electron chi connectivity index (χ2n) is 5.73. The van der Waals surface area contributed by atoms with Gasteiger partial charge in [0.25, 0.3) is 5.91 Å². The summed E-state index contributed by atoms with van der Waals surface area (Å²) in [5.74, 6) is -0.267. The van der Waals surface area contributed by atoms with Gasteiger partial charge in [-0.3, -0.25) is 19.8 Å². The molecule has 0 aliphatic carbocycles. The zero-order chi connectivity index (χ0) is 16.1. The van der Waals surface area contributed by atoms with Crippen LogP contribution in [0.2, 0.25) is 0 Å². The summed E-state index contributed by atoms with van der Waals surface area (Å²) in [6, 6.07) is 2.83. The maximum Gasteiger partial charge on any atom is 0.258 e. The van der Waals surface area contributed by atoms with E-state index in [1.165, 1.54) is 55.3 Å². The van der Waals surface area contributed by atoms with Gasteiger partial charge in [-0.25, -0.2) is 4.98 Å². The lowest BCUT2D eigenvalue weighted by Crippen LogP contribution is -2.24. The van der Waals surface area contributed by atoms with Crippen molar-refractivity contribution in [3.63, 3.8) is 0 Å². The van der Waals surface area contributed by atoms with Crippen molar-refractivity contribution in [1.29, 1.82) is 0 Å². The van der Waals surface area contributed by atoms with Crippen LogP contribution in [-0.4, -0.2) is 33.9 Å². The van der Waals surface area contributed by atoms with Crippen molar-refractivity contribution in [2.75, 3.05) is 18.4 Å². The van der Waals surface area contributed by atoms with Crippen molar-refractivity contribution >= 4 is 22.4 Å². The number of thiazole rings is 1. The largest absolute Gasteiger partial charge is 0.328 e. The fourth-order valence-electron chi connectivity index (χ4n) is 2.68. The first kappa shape index (κ1) is 15.9. The molecule has 1 aliphatic heterocycles. The molecule has 1 amide bonds. The van der Waals surface area contributed by atoms with Crippen LogP contribution in [0, 0.1) is 0 Å². The summed E-state index contributed by atoms with van der Waals surface area (Å²) < 4.78 is 0. The highest BCUT2D eigenvalue weighted by Gasteiger charge is 2.13. The number of aromatic nitrogens is 2. The molecule has 0 spiro atoms. The third kappa shape index (κ3) is 4.49. The average molecular weight is 332 g/mol. The van der Waals surface area contributed by atoms with Gasteiger partial charge >= 0.3 is 0 Å². The van der Waals surface area contributed by atoms with Gasteiger partial charge in [-0.1, -0.05) is 12.8 Å². The number of amides is 1. The molecule has 0 unspecified atom stereocenters. The summed E-state index contributed by atoms with van der Waals surface area (Å²) in [6.07, 6.45) is 6.53. The number of nitrogens with zero attached hydrogens (tertiary/aromatic N) is 2. The molecule has 7 heteroatoms. The number of pyridine rings is 1. The second-order valence-corrected chi connectivity index (χ2v) is 6.59. The number of anilines is 1. The highest BCUT2D eigenvalue weighted by Crippen LogP contribution is 2.19. The van der Waals surface area contributed by atoms with E-state index in [-0.39, 0.29) is 11.5 Å². The monoisotopic (exact) mass is 332 g/mol. The number of H-pyrrole nitrogens is 1. The highest BCUT2D eigenvalue weighted by molar-refractivity contribution is 7.13. The molecular formula is C16H20N4O2S. The topological polar surface area (TPSA) is 78.1 Å². The van der Waals surface area contributed by atoms with Crippen LogP contribution in [0.5, 0.6) is 0 Å². The van der Waals surface area contributed by atoms with Crippen molar-refractivity contribution < 1.29 is 4.79 Å². The summed E-state index contributed by atoms with van der Waals surface area (Å²) in [6.45, 7) is 3.08. The van der Waals surface area contributed by atoms with E-state index in [1.54, 1.807) is 0 Å². The summed E-state index contributed by atoms with van der Waals surface area (Å²) >= 11 is 1.43. The minimum Gasteiger partial charge on any atom is -0.328 e. The lowest BCUT2D eigenvalue weighted by molar-refractivity contribution is 0.102. The summed E-state index contributed by atoms with van der Waals surface area (Å²) in [5, 5.41) is 5.36.